The highest BCUT2D eigenvalue weighted by molar-refractivity contribution is 5.90. The number of anilines is 1. The Bertz CT molecular complexity index is 1030. The third-order valence-corrected chi connectivity index (χ3v) is 6.15. The van der Waals surface area contributed by atoms with Gasteiger partial charge in [-0.05, 0) is 50.5 Å². The Hall–Kier alpha value is -3.28. The lowest BCUT2D eigenvalue weighted by atomic mass is 9.95. The second kappa shape index (κ2) is 9.90. The lowest BCUT2D eigenvalue weighted by Gasteiger charge is -2.36. The maximum Gasteiger partial charge on any atom is 0.321 e. The number of benzene rings is 2. The van der Waals surface area contributed by atoms with Gasteiger partial charge in [-0.3, -0.25) is 4.79 Å². The fourth-order valence-corrected chi connectivity index (χ4v) is 4.42. The predicted octanol–water partition coefficient (Wildman–Crippen LogP) is 5.68. The minimum Gasteiger partial charge on any atom is -0.459 e. The Morgan fingerprint density at radius 2 is 1.91 bits per heavy atom. The van der Waals surface area contributed by atoms with E-state index in [2.05, 4.69) is 12.2 Å². The van der Waals surface area contributed by atoms with Crippen molar-refractivity contribution >= 4 is 28.6 Å². The lowest BCUT2D eigenvalue weighted by molar-refractivity contribution is -0.139. The first-order chi connectivity index (χ1) is 15.6. The van der Waals surface area contributed by atoms with Crippen molar-refractivity contribution < 1.29 is 14.0 Å². The molecule has 2 unspecified atom stereocenters. The molecular formula is C26H31N3O3. The number of furan rings is 1. The van der Waals surface area contributed by atoms with Crippen molar-refractivity contribution in [1.29, 1.82) is 0 Å². The SMILES string of the molecule is CCCN(C(=O)C1CCCN(C(=O)Nc2ccccc2)C1)C(C)c1cc2ccccc2o1. The van der Waals surface area contributed by atoms with Gasteiger partial charge in [-0.15, -0.1) is 0 Å². The Morgan fingerprint density at radius 1 is 1.16 bits per heavy atom. The smallest absolute Gasteiger partial charge is 0.321 e. The first-order valence-corrected chi connectivity index (χ1v) is 11.5. The molecule has 0 aliphatic carbocycles. The summed E-state index contributed by atoms with van der Waals surface area (Å²) < 4.78 is 6.05. The van der Waals surface area contributed by atoms with E-state index in [4.69, 9.17) is 4.42 Å². The van der Waals surface area contributed by atoms with Crippen LogP contribution < -0.4 is 5.32 Å². The number of likely N-dealkylation sites (tertiary alicyclic amines) is 1. The van der Waals surface area contributed by atoms with Crippen molar-refractivity contribution in [2.75, 3.05) is 25.0 Å². The molecule has 32 heavy (non-hydrogen) atoms. The number of nitrogens with zero attached hydrogens (tertiary/aromatic N) is 2. The van der Waals surface area contributed by atoms with Crippen LogP contribution in [0.5, 0.6) is 0 Å². The van der Waals surface area contributed by atoms with Crippen LogP contribution in [-0.4, -0.2) is 41.4 Å². The summed E-state index contributed by atoms with van der Waals surface area (Å²) in [6.07, 6.45) is 2.47. The minimum absolute atomic E-state index is 0.0945. The quantitative estimate of drug-likeness (QED) is 0.544. The van der Waals surface area contributed by atoms with Crippen LogP contribution in [0.1, 0.15) is 44.9 Å². The molecule has 6 nitrogen and oxygen atoms in total. The molecule has 4 rings (SSSR count). The number of nitrogens with one attached hydrogen (secondary N) is 1. The van der Waals surface area contributed by atoms with Crippen molar-refractivity contribution in [1.82, 2.24) is 9.80 Å². The molecule has 2 atom stereocenters. The number of carbonyl (C=O) groups excluding carboxylic acids is 2. The van der Waals surface area contributed by atoms with E-state index >= 15 is 0 Å². The predicted molar refractivity (Wildman–Crippen MR) is 126 cm³/mol. The summed E-state index contributed by atoms with van der Waals surface area (Å²) in [5, 5.41) is 3.98. The van der Waals surface area contributed by atoms with Crippen molar-refractivity contribution in [2.24, 2.45) is 5.92 Å². The van der Waals surface area contributed by atoms with Gasteiger partial charge in [-0.1, -0.05) is 43.3 Å². The molecule has 2 heterocycles. The molecule has 3 aromatic rings. The molecule has 1 aliphatic heterocycles. The molecule has 1 N–H and O–H groups in total. The molecule has 0 radical (unpaired) electrons. The van der Waals surface area contributed by atoms with Crippen molar-refractivity contribution in [3.63, 3.8) is 0 Å². The summed E-state index contributed by atoms with van der Waals surface area (Å²) >= 11 is 0. The fraction of sp³-hybridized carbons (Fsp3) is 0.385. The molecule has 3 amide bonds. The zero-order valence-corrected chi connectivity index (χ0v) is 18.8. The topological polar surface area (TPSA) is 65.8 Å². The summed E-state index contributed by atoms with van der Waals surface area (Å²) in [6.45, 7) is 5.85. The van der Waals surface area contributed by atoms with Gasteiger partial charge in [0.1, 0.15) is 11.3 Å². The van der Waals surface area contributed by atoms with Crippen LogP contribution in [0.2, 0.25) is 0 Å². The zero-order valence-electron chi connectivity index (χ0n) is 18.8. The Balaban J connectivity index is 1.46. The average molecular weight is 434 g/mol. The van der Waals surface area contributed by atoms with Crippen LogP contribution in [0, 0.1) is 5.92 Å². The number of amides is 3. The van der Waals surface area contributed by atoms with Crippen molar-refractivity contribution in [3.8, 4) is 0 Å². The molecular weight excluding hydrogens is 402 g/mol. The normalized spacial score (nSPS) is 17.2. The van der Waals surface area contributed by atoms with E-state index in [1.807, 2.05) is 72.5 Å². The fourth-order valence-electron chi connectivity index (χ4n) is 4.42. The average Bonchev–Trinajstić information content (AvgIpc) is 3.27. The van der Waals surface area contributed by atoms with Gasteiger partial charge in [-0.25, -0.2) is 4.79 Å². The van der Waals surface area contributed by atoms with Gasteiger partial charge >= 0.3 is 6.03 Å². The number of rotatable bonds is 6. The van der Waals surface area contributed by atoms with E-state index in [1.54, 1.807) is 4.90 Å². The van der Waals surface area contributed by atoms with Crippen LogP contribution in [0.4, 0.5) is 10.5 Å². The Morgan fingerprint density at radius 3 is 2.66 bits per heavy atom. The van der Waals surface area contributed by atoms with Gasteiger partial charge in [0.2, 0.25) is 5.91 Å². The number of fused-ring (bicyclic) bond motifs is 1. The number of piperidine rings is 1. The second-order valence-electron chi connectivity index (χ2n) is 8.48. The number of para-hydroxylation sites is 2. The van der Waals surface area contributed by atoms with Gasteiger partial charge < -0.3 is 19.5 Å². The molecule has 1 aliphatic rings. The number of urea groups is 1. The second-order valence-corrected chi connectivity index (χ2v) is 8.48. The maximum atomic E-state index is 13.6. The summed E-state index contributed by atoms with van der Waals surface area (Å²) in [6, 6.07) is 19.0. The minimum atomic E-state index is -0.205. The van der Waals surface area contributed by atoms with Crippen LogP contribution in [0.25, 0.3) is 11.0 Å². The molecule has 6 heteroatoms. The standard InChI is InChI=1S/C26H31N3O3/c1-3-15-29(19(2)24-17-20-10-7-8-14-23(20)32-24)25(30)21-11-9-16-28(18-21)26(31)27-22-12-5-4-6-13-22/h4-8,10,12-14,17,19,21H,3,9,11,15-16,18H2,1-2H3,(H,27,31). The summed E-state index contributed by atoms with van der Waals surface area (Å²) in [5.41, 5.74) is 1.59. The highest BCUT2D eigenvalue weighted by Crippen LogP contribution is 2.30. The Kier molecular flexibility index (Phi) is 6.78. The summed E-state index contributed by atoms with van der Waals surface area (Å²) in [4.78, 5) is 30.0. The third-order valence-electron chi connectivity index (χ3n) is 6.15. The molecule has 168 valence electrons. The molecule has 1 aromatic heterocycles. The molecule has 1 saturated heterocycles. The summed E-state index contributed by atoms with van der Waals surface area (Å²) in [7, 11) is 0. The van der Waals surface area contributed by atoms with E-state index in [0.717, 1.165) is 41.7 Å². The first-order valence-electron chi connectivity index (χ1n) is 11.5. The van der Waals surface area contributed by atoms with E-state index in [-0.39, 0.29) is 23.9 Å². The van der Waals surface area contributed by atoms with E-state index < -0.39 is 0 Å². The van der Waals surface area contributed by atoms with E-state index in [9.17, 15) is 9.59 Å². The molecule has 2 aromatic carbocycles. The molecule has 0 bridgehead atoms. The highest BCUT2D eigenvalue weighted by atomic mass is 16.3. The van der Waals surface area contributed by atoms with Crippen LogP contribution in [0.3, 0.4) is 0 Å². The van der Waals surface area contributed by atoms with Gasteiger partial charge in [0.05, 0.1) is 12.0 Å². The lowest BCUT2D eigenvalue weighted by Crippen LogP contribution is -2.48. The maximum absolute atomic E-state index is 13.6. The van der Waals surface area contributed by atoms with Crippen molar-refractivity contribution in [3.05, 3.63) is 66.4 Å². The largest absolute Gasteiger partial charge is 0.459 e. The van der Waals surface area contributed by atoms with Gasteiger partial charge in [0, 0.05) is 30.7 Å². The zero-order chi connectivity index (χ0) is 22.5. The van der Waals surface area contributed by atoms with Crippen LogP contribution in [-0.2, 0) is 4.79 Å². The van der Waals surface area contributed by atoms with Crippen LogP contribution >= 0.6 is 0 Å². The van der Waals surface area contributed by atoms with Gasteiger partial charge in [0.15, 0.2) is 0 Å². The Labute approximate surface area is 189 Å². The third kappa shape index (κ3) is 4.79. The molecule has 1 fully saturated rings. The molecule has 0 spiro atoms. The van der Waals surface area contributed by atoms with Crippen LogP contribution in [0.15, 0.2) is 65.1 Å². The van der Waals surface area contributed by atoms with Gasteiger partial charge in [-0.2, -0.15) is 0 Å². The van der Waals surface area contributed by atoms with Gasteiger partial charge in [0.25, 0.3) is 0 Å². The first kappa shape index (κ1) is 21.9. The monoisotopic (exact) mass is 433 g/mol. The van der Waals surface area contributed by atoms with E-state index in [0.29, 0.717) is 19.6 Å². The number of carbonyl (C=O) groups is 2. The summed E-state index contributed by atoms with van der Waals surface area (Å²) in [5.74, 6) is 0.683. The highest BCUT2D eigenvalue weighted by Gasteiger charge is 2.34. The number of hydrogen-bond acceptors (Lipinski definition) is 3. The van der Waals surface area contributed by atoms with E-state index in [1.165, 1.54) is 0 Å². The molecule has 0 saturated carbocycles. The van der Waals surface area contributed by atoms with Crippen molar-refractivity contribution in [2.45, 2.75) is 39.2 Å². The number of hydrogen-bond donors (Lipinski definition) is 1.